The SMILES string of the molecule is CCN(CC(=O)NC(C)C)c1ccc(CNC(C)C)cn1. The van der Waals surface area contributed by atoms with Gasteiger partial charge >= 0.3 is 0 Å². The Labute approximate surface area is 128 Å². The maximum Gasteiger partial charge on any atom is 0.239 e. The normalized spacial score (nSPS) is 11.0. The third-order valence-electron chi connectivity index (χ3n) is 3.01. The molecular weight excluding hydrogens is 264 g/mol. The zero-order valence-corrected chi connectivity index (χ0v) is 13.8. The minimum Gasteiger partial charge on any atom is -0.352 e. The van der Waals surface area contributed by atoms with Gasteiger partial charge in [0.15, 0.2) is 0 Å². The Morgan fingerprint density at radius 2 is 1.95 bits per heavy atom. The van der Waals surface area contributed by atoms with Gasteiger partial charge in [-0.2, -0.15) is 0 Å². The van der Waals surface area contributed by atoms with E-state index in [1.807, 2.05) is 37.9 Å². The zero-order chi connectivity index (χ0) is 15.8. The smallest absolute Gasteiger partial charge is 0.239 e. The predicted molar refractivity (Wildman–Crippen MR) is 87.4 cm³/mol. The van der Waals surface area contributed by atoms with Crippen LogP contribution in [0.25, 0.3) is 0 Å². The van der Waals surface area contributed by atoms with Gasteiger partial charge in [-0.15, -0.1) is 0 Å². The predicted octanol–water partition coefficient (Wildman–Crippen LogP) is 1.93. The second kappa shape index (κ2) is 8.62. The van der Waals surface area contributed by atoms with Crippen LogP contribution in [-0.2, 0) is 11.3 Å². The molecule has 21 heavy (non-hydrogen) atoms. The van der Waals surface area contributed by atoms with Gasteiger partial charge < -0.3 is 15.5 Å². The fourth-order valence-corrected chi connectivity index (χ4v) is 1.93. The number of carbonyl (C=O) groups is 1. The lowest BCUT2D eigenvalue weighted by atomic mass is 10.2. The van der Waals surface area contributed by atoms with Crippen LogP contribution in [0.15, 0.2) is 18.3 Å². The van der Waals surface area contributed by atoms with Crippen LogP contribution in [0.2, 0.25) is 0 Å². The number of amides is 1. The lowest BCUT2D eigenvalue weighted by Gasteiger charge is -2.22. The van der Waals surface area contributed by atoms with Gasteiger partial charge in [0.2, 0.25) is 5.91 Å². The maximum absolute atomic E-state index is 11.8. The van der Waals surface area contributed by atoms with E-state index in [-0.39, 0.29) is 11.9 Å². The van der Waals surface area contributed by atoms with Crippen molar-refractivity contribution in [2.75, 3.05) is 18.0 Å². The molecule has 0 saturated heterocycles. The van der Waals surface area contributed by atoms with Crippen LogP contribution in [0.3, 0.4) is 0 Å². The second-order valence-corrected chi connectivity index (χ2v) is 5.80. The van der Waals surface area contributed by atoms with Crippen LogP contribution in [0, 0.1) is 0 Å². The number of hydrogen-bond donors (Lipinski definition) is 2. The van der Waals surface area contributed by atoms with Crippen LogP contribution in [0.4, 0.5) is 5.82 Å². The Morgan fingerprint density at radius 1 is 1.24 bits per heavy atom. The summed E-state index contributed by atoms with van der Waals surface area (Å²) in [5, 5.41) is 6.26. The number of rotatable bonds is 8. The summed E-state index contributed by atoms with van der Waals surface area (Å²) in [6, 6.07) is 4.65. The molecule has 5 heteroatoms. The summed E-state index contributed by atoms with van der Waals surface area (Å²) in [6.07, 6.45) is 1.87. The first-order valence-electron chi connectivity index (χ1n) is 7.65. The van der Waals surface area contributed by atoms with Crippen molar-refractivity contribution >= 4 is 11.7 Å². The first-order valence-corrected chi connectivity index (χ1v) is 7.65. The molecule has 0 aliphatic heterocycles. The van der Waals surface area contributed by atoms with Crippen molar-refractivity contribution in [3.63, 3.8) is 0 Å². The molecular formula is C16H28N4O. The molecule has 0 radical (unpaired) electrons. The largest absolute Gasteiger partial charge is 0.352 e. The lowest BCUT2D eigenvalue weighted by molar-refractivity contribution is -0.120. The zero-order valence-electron chi connectivity index (χ0n) is 13.8. The summed E-state index contributed by atoms with van der Waals surface area (Å²) in [5.74, 6) is 0.865. The van der Waals surface area contributed by atoms with Gasteiger partial charge in [0.1, 0.15) is 5.82 Å². The molecule has 0 aliphatic carbocycles. The van der Waals surface area contributed by atoms with Crippen LogP contribution in [0.5, 0.6) is 0 Å². The van der Waals surface area contributed by atoms with Gasteiger partial charge in [0.05, 0.1) is 6.54 Å². The molecule has 1 rings (SSSR count). The van der Waals surface area contributed by atoms with E-state index < -0.39 is 0 Å². The Bertz CT molecular complexity index is 428. The number of nitrogens with zero attached hydrogens (tertiary/aromatic N) is 2. The number of nitrogens with one attached hydrogen (secondary N) is 2. The minimum atomic E-state index is 0.0270. The number of carbonyl (C=O) groups excluding carboxylic acids is 1. The van der Waals surface area contributed by atoms with E-state index in [1.165, 1.54) is 0 Å². The molecule has 0 bridgehead atoms. The molecule has 0 aromatic carbocycles. The summed E-state index contributed by atoms with van der Waals surface area (Å²) in [4.78, 5) is 18.3. The topological polar surface area (TPSA) is 57.3 Å². The average molecular weight is 292 g/mol. The van der Waals surface area contributed by atoms with Crippen molar-refractivity contribution in [1.82, 2.24) is 15.6 Å². The summed E-state index contributed by atoms with van der Waals surface area (Å²) in [5.41, 5.74) is 1.15. The molecule has 1 aromatic rings. The van der Waals surface area contributed by atoms with Crippen LogP contribution < -0.4 is 15.5 Å². The standard InChI is InChI=1S/C16H28N4O/c1-6-20(11-16(21)19-13(4)5)15-8-7-14(10-18-15)9-17-12(2)3/h7-8,10,12-13,17H,6,9,11H2,1-5H3,(H,19,21). The van der Waals surface area contributed by atoms with Gasteiger partial charge in [-0.25, -0.2) is 4.98 Å². The lowest BCUT2D eigenvalue weighted by Crippen LogP contribution is -2.40. The van der Waals surface area contributed by atoms with Gasteiger partial charge in [-0.1, -0.05) is 19.9 Å². The quantitative estimate of drug-likeness (QED) is 0.769. The molecule has 118 valence electrons. The van der Waals surface area contributed by atoms with Crippen molar-refractivity contribution in [2.24, 2.45) is 0 Å². The third kappa shape index (κ3) is 6.58. The Balaban J connectivity index is 2.62. The second-order valence-electron chi connectivity index (χ2n) is 5.80. The van der Waals surface area contributed by atoms with Gasteiger partial charge in [-0.05, 0) is 32.4 Å². The average Bonchev–Trinajstić information content (AvgIpc) is 2.42. The van der Waals surface area contributed by atoms with Crippen molar-refractivity contribution in [3.8, 4) is 0 Å². The first-order chi connectivity index (χ1) is 9.92. The van der Waals surface area contributed by atoms with E-state index in [2.05, 4.69) is 35.5 Å². The summed E-state index contributed by atoms with van der Waals surface area (Å²) >= 11 is 0. The number of hydrogen-bond acceptors (Lipinski definition) is 4. The number of likely N-dealkylation sites (N-methyl/N-ethyl adjacent to an activating group) is 1. The molecule has 0 saturated carbocycles. The van der Waals surface area contributed by atoms with Gasteiger partial charge in [0, 0.05) is 31.4 Å². The number of anilines is 1. The van der Waals surface area contributed by atoms with Crippen LogP contribution in [-0.4, -0.2) is 36.1 Å². The van der Waals surface area contributed by atoms with E-state index >= 15 is 0 Å². The van der Waals surface area contributed by atoms with Crippen molar-refractivity contribution < 1.29 is 4.79 Å². The van der Waals surface area contributed by atoms with Crippen molar-refractivity contribution in [2.45, 2.75) is 53.2 Å². The first kappa shape index (κ1) is 17.4. The van der Waals surface area contributed by atoms with E-state index in [4.69, 9.17) is 0 Å². The highest BCUT2D eigenvalue weighted by molar-refractivity contribution is 5.81. The van der Waals surface area contributed by atoms with Gasteiger partial charge in [-0.3, -0.25) is 4.79 Å². The van der Waals surface area contributed by atoms with E-state index in [0.29, 0.717) is 12.6 Å². The highest BCUT2D eigenvalue weighted by atomic mass is 16.2. The van der Waals surface area contributed by atoms with Crippen LogP contribution >= 0.6 is 0 Å². The molecule has 1 amide bonds. The number of pyridine rings is 1. The highest BCUT2D eigenvalue weighted by Gasteiger charge is 2.11. The fourth-order valence-electron chi connectivity index (χ4n) is 1.93. The van der Waals surface area contributed by atoms with Crippen LogP contribution in [0.1, 0.15) is 40.2 Å². The molecule has 1 aromatic heterocycles. The maximum atomic E-state index is 11.8. The highest BCUT2D eigenvalue weighted by Crippen LogP contribution is 2.11. The minimum absolute atomic E-state index is 0.0270. The van der Waals surface area contributed by atoms with Gasteiger partial charge in [0.25, 0.3) is 0 Å². The third-order valence-corrected chi connectivity index (χ3v) is 3.01. The molecule has 2 N–H and O–H groups in total. The molecule has 0 atom stereocenters. The number of aromatic nitrogens is 1. The molecule has 0 aliphatic rings. The molecule has 0 unspecified atom stereocenters. The Hall–Kier alpha value is -1.62. The summed E-state index contributed by atoms with van der Waals surface area (Å²) < 4.78 is 0. The summed E-state index contributed by atoms with van der Waals surface area (Å²) in [7, 11) is 0. The summed E-state index contributed by atoms with van der Waals surface area (Å²) in [6.45, 7) is 12.1. The van der Waals surface area contributed by atoms with Crippen molar-refractivity contribution in [3.05, 3.63) is 23.9 Å². The molecule has 1 heterocycles. The monoisotopic (exact) mass is 292 g/mol. The molecule has 0 fully saturated rings. The fraction of sp³-hybridized carbons (Fsp3) is 0.625. The Morgan fingerprint density at radius 3 is 2.43 bits per heavy atom. The van der Waals surface area contributed by atoms with E-state index in [9.17, 15) is 4.79 Å². The van der Waals surface area contributed by atoms with E-state index in [0.717, 1.165) is 24.5 Å². The van der Waals surface area contributed by atoms with E-state index in [1.54, 1.807) is 0 Å². The molecule has 0 spiro atoms. The molecule has 5 nitrogen and oxygen atoms in total. The Kier molecular flexibility index (Phi) is 7.15. The van der Waals surface area contributed by atoms with Crippen molar-refractivity contribution in [1.29, 1.82) is 0 Å².